The van der Waals surface area contributed by atoms with E-state index in [4.69, 9.17) is 0 Å². The first-order valence-electron chi connectivity index (χ1n) is 11.0. The number of aryl methyl sites for hydroxylation is 2. The topological polar surface area (TPSA) is 95.2 Å². The number of hydrogen-bond acceptors (Lipinski definition) is 4. The molecule has 2 amide bonds. The van der Waals surface area contributed by atoms with Crippen molar-refractivity contribution >= 4 is 11.8 Å². The zero-order valence-electron chi connectivity index (χ0n) is 19.0. The summed E-state index contributed by atoms with van der Waals surface area (Å²) >= 11 is 0. The molecule has 7 heteroatoms. The summed E-state index contributed by atoms with van der Waals surface area (Å²) in [6.45, 7) is 4.91. The van der Waals surface area contributed by atoms with Gasteiger partial charge in [-0.1, -0.05) is 30.3 Å². The second-order valence-corrected chi connectivity index (χ2v) is 8.88. The molecule has 7 nitrogen and oxygen atoms in total. The number of amides is 2. The fraction of sp³-hybridized carbons (Fsp3) is 0.440. The molecular formula is C25H30N4O3. The molecule has 0 bridgehead atoms. The summed E-state index contributed by atoms with van der Waals surface area (Å²) < 4.78 is 1.59. The van der Waals surface area contributed by atoms with Gasteiger partial charge in [0.15, 0.2) is 0 Å². The standard InChI is InChI=1S/C25H30N4O3/c1-25(2,17-26)12-9-21(30)28-14-11-20-19(15-28)16-29(24(32)22(20)23(31)27-3)13-10-18-7-5-4-6-8-18/h4-8,16H,9-15H2,1-3H3,(H,27,31). The van der Waals surface area contributed by atoms with Crippen LogP contribution in [-0.2, 0) is 30.7 Å². The predicted molar refractivity (Wildman–Crippen MR) is 122 cm³/mol. The van der Waals surface area contributed by atoms with Crippen molar-refractivity contribution in [2.45, 2.75) is 52.6 Å². The van der Waals surface area contributed by atoms with Crippen LogP contribution in [0.4, 0.5) is 0 Å². The van der Waals surface area contributed by atoms with Crippen molar-refractivity contribution in [1.29, 1.82) is 5.26 Å². The molecule has 1 N–H and O–H groups in total. The normalized spacial score (nSPS) is 13.2. The van der Waals surface area contributed by atoms with Crippen LogP contribution in [0.25, 0.3) is 0 Å². The Morgan fingerprint density at radius 3 is 2.59 bits per heavy atom. The van der Waals surface area contributed by atoms with E-state index in [-0.39, 0.29) is 17.0 Å². The van der Waals surface area contributed by atoms with E-state index in [1.165, 1.54) is 7.05 Å². The molecule has 2 aromatic rings. The highest BCUT2D eigenvalue weighted by Crippen LogP contribution is 2.25. The van der Waals surface area contributed by atoms with Gasteiger partial charge in [-0.2, -0.15) is 5.26 Å². The Morgan fingerprint density at radius 2 is 1.94 bits per heavy atom. The van der Waals surface area contributed by atoms with E-state index in [9.17, 15) is 19.6 Å². The average molecular weight is 435 g/mol. The zero-order valence-corrected chi connectivity index (χ0v) is 19.0. The van der Waals surface area contributed by atoms with E-state index in [1.54, 1.807) is 15.7 Å². The number of aromatic nitrogens is 1. The summed E-state index contributed by atoms with van der Waals surface area (Å²) in [5.74, 6) is -0.404. The quantitative estimate of drug-likeness (QED) is 0.725. The Hall–Kier alpha value is -3.40. The van der Waals surface area contributed by atoms with Gasteiger partial charge in [-0.25, -0.2) is 0 Å². The van der Waals surface area contributed by atoms with Crippen molar-refractivity contribution in [3.63, 3.8) is 0 Å². The van der Waals surface area contributed by atoms with Gasteiger partial charge in [0.2, 0.25) is 5.91 Å². The molecule has 1 aliphatic heterocycles. The molecule has 0 saturated carbocycles. The van der Waals surface area contributed by atoms with Gasteiger partial charge in [0.25, 0.3) is 11.5 Å². The Labute approximate surface area is 188 Å². The van der Waals surface area contributed by atoms with E-state index in [0.29, 0.717) is 45.3 Å². The van der Waals surface area contributed by atoms with Crippen LogP contribution in [0, 0.1) is 16.7 Å². The van der Waals surface area contributed by atoms with E-state index < -0.39 is 11.3 Å². The number of nitriles is 1. The van der Waals surface area contributed by atoms with Crippen LogP contribution in [0.1, 0.15) is 53.7 Å². The van der Waals surface area contributed by atoms with E-state index in [1.807, 2.05) is 44.2 Å². The van der Waals surface area contributed by atoms with Crippen molar-refractivity contribution in [2.75, 3.05) is 13.6 Å². The first kappa shape index (κ1) is 23.3. The van der Waals surface area contributed by atoms with Crippen LogP contribution in [0.5, 0.6) is 0 Å². The minimum atomic E-state index is -0.548. The maximum Gasteiger partial charge on any atom is 0.263 e. The molecule has 2 heterocycles. The van der Waals surface area contributed by atoms with Crippen molar-refractivity contribution < 1.29 is 9.59 Å². The molecule has 0 spiro atoms. The number of pyridine rings is 1. The Morgan fingerprint density at radius 1 is 1.22 bits per heavy atom. The van der Waals surface area contributed by atoms with Crippen LogP contribution in [-0.4, -0.2) is 34.9 Å². The lowest BCUT2D eigenvalue weighted by Crippen LogP contribution is -2.41. The largest absolute Gasteiger partial charge is 0.355 e. The Bertz CT molecular complexity index is 1100. The molecule has 0 fully saturated rings. The lowest BCUT2D eigenvalue weighted by Gasteiger charge is -2.31. The second kappa shape index (κ2) is 9.82. The van der Waals surface area contributed by atoms with Gasteiger partial charge in [-0.3, -0.25) is 14.4 Å². The number of nitrogens with zero attached hydrogens (tertiary/aromatic N) is 3. The molecule has 1 aromatic carbocycles. The summed E-state index contributed by atoms with van der Waals surface area (Å²) in [5.41, 5.74) is 2.00. The van der Waals surface area contributed by atoms with Crippen LogP contribution in [0.3, 0.4) is 0 Å². The number of hydrogen-bond donors (Lipinski definition) is 1. The summed E-state index contributed by atoms with van der Waals surface area (Å²) in [5, 5.41) is 11.8. The van der Waals surface area contributed by atoms with Crippen LogP contribution < -0.4 is 10.9 Å². The Balaban J connectivity index is 1.86. The first-order valence-corrected chi connectivity index (χ1v) is 11.0. The van der Waals surface area contributed by atoms with Crippen molar-refractivity contribution in [2.24, 2.45) is 5.41 Å². The third kappa shape index (κ3) is 5.25. The smallest absolute Gasteiger partial charge is 0.263 e. The molecule has 3 rings (SSSR count). The van der Waals surface area contributed by atoms with Crippen LogP contribution in [0.2, 0.25) is 0 Å². The fourth-order valence-corrected chi connectivity index (χ4v) is 3.98. The SMILES string of the molecule is CNC(=O)c1c2c(cn(CCc3ccccc3)c1=O)CN(C(=O)CCC(C)(C)C#N)CC2. The highest BCUT2D eigenvalue weighted by molar-refractivity contribution is 5.95. The van der Waals surface area contributed by atoms with E-state index in [2.05, 4.69) is 11.4 Å². The van der Waals surface area contributed by atoms with Gasteiger partial charge in [-0.15, -0.1) is 0 Å². The molecule has 0 unspecified atom stereocenters. The van der Waals surface area contributed by atoms with E-state index in [0.717, 1.165) is 16.7 Å². The highest BCUT2D eigenvalue weighted by Gasteiger charge is 2.28. The van der Waals surface area contributed by atoms with Crippen LogP contribution in [0.15, 0.2) is 41.3 Å². The summed E-state index contributed by atoms with van der Waals surface area (Å²) in [6, 6.07) is 12.1. The number of carbonyl (C=O) groups is 2. The molecule has 168 valence electrons. The monoisotopic (exact) mass is 434 g/mol. The minimum Gasteiger partial charge on any atom is -0.355 e. The minimum absolute atomic E-state index is 0.0116. The Kier molecular flexibility index (Phi) is 7.14. The number of nitrogens with one attached hydrogen (secondary N) is 1. The molecule has 1 aliphatic rings. The average Bonchev–Trinajstić information content (AvgIpc) is 2.81. The van der Waals surface area contributed by atoms with Gasteiger partial charge in [0, 0.05) is 39.3 Å². The number of carbonyl (C=O) groups excluding carboxylic acids is 2. The van der Waals surface area contributed by atoms with Gasteiger partial charge in [-0.05, 0) is 49.8 Å². The van der Waals surface area contributed by atoms with Crippen LogP contribution >= 0.6 is 0 Å². The summed E-state index contributed by atoms with van der Waals surface area (Å²) in [6.07, 6.45) is 3.71. The van der Waals surface area contributed by atoms with Gasteiger partial charge < -0.3 is 14.8 Å². The van der Waals surface area contributed by atoms with Crippen molar-refractivity contribution in [3.05, 3.63) is 69.1 Å². The molecule has 32 heavy (non-hydrogen) atoms. The molecule has 0 aliphatic carbocycles. The first-order chi connectivity index (χ1) is 15.3. The maximum absolute atomic E-state index is 13.1. The summed E-state index contributed by atoms with van der Waals surface area (Å²) in [4.78, 5) is 40.2. The highest BCUT2D eigenvalue weighted by atomic mass is 16.2. The maximum atomic E-state index is 13.1. The lowest BCUT2D eigenvalue weighted by atomic mass is 9.89. The third-order valence-corrected chi connectivity index (χ3v) is 6.03. The predicted octanol–water partition coefficient (Wildman–Crippen LogP) is 2.67. The zero-order chi connectivity index (χ0) is 23.3. The second-order valence-electron chi connectivity index (χ2n) is 8.88. The number of benzene rings is 1. The molecule has 0 atom stereocenters. The van der Waals surface area contributed by atoms with Gasteiger partial charge >= 0.3 is 0 Å². The molecule has 1 aromatic heterocycles. The fourth-order valence-electron chi connectivity index (χ4n) is 3.98. The van der Waals surface area contributed by atoms with Gasteiger partial charge in [0.1, 0.15) is 5.56 Å². The van der Waals surface area contributed by atoms with Gasteiger partial charge in [0.05, 0.1) is 11.5 Å². The molecule has 0 radical (unpaired) electrons. The molecular weight excluding hydrogens is 404 g/mol. The van der Waals surface area contributed by atoms with Crippen molar-refractivity contribution in [1.82, 2.24) is 14.8 Å². The third-order valence-electron chi connectivity index (χ3n) is 6.03. The van der Waals surface area contributed by atoms with E-state index >= 15 is 0 Å². The van der Waals surface area contributed by atoms with Crippen molar-refractivity contribution in [3.8, 4) is 6.07 Å². The summed E-state index contributed by atoms with van der Waals surface area (Å²) in [7, 11) is 1.52. The number of rotatable bonds is 7. The lowest BCUT2D eigenvalue weighted by molar-refractivity contribution is -0.132. The molecule has 0 saturated heterocycles. The number of fused-ring (bicyclic) bond motifs is 1.